The van der Waals surface area contributed by atoms with Gasteiger partial charge in [-0.1, -0.05) is 0 Å². The molecule has 0 unspecified atom stereocenters. The van der Waals surface area contributed by atoms with Crippen molar-refractivity contribution >= 4 is 33.8 Å². The van der Waals surface area contributed by atoms with E-state index in [1.807, 2.05) is 0 Å². The van der Waals surface area contributed by atoms with Crippen LogP contribution < -0.4 is 15.1 Å². The summed E-state index contributed by atoms with van der Waals surface area (Å²) in [5, 5.41) is 1.85. The van der Waals surface area contributed by atoms with Gasteiger partial charge >= 0.3 is 17.7 Å². The van der Waals surface area contributed by atoms with Gasteiger partial charge in [-0.15, -0.1) is 0 Å². The molecule has 0 spiro atoms. The second kappa shape index (κ2) is 8.42. The summed E-state index contributed by atoms with van der Waals surface area (Å²) < 4.78 is 21.9. The van der Waals surface area contributed by atoms with Gasteiger partial charge in [0.2, 0.25) is 0 Å². The molecule has 1 aliphatic heterocycles. The highest BCUT2D eigenvalue weighted by Gasteiger charge is 2.38. The second-order valence-corrected chi connectivity index (χ2v) is 9.12. The van der Waals surface area contributed by atoms with Crippen molar-refractivity contribution in [2.45, 2.75) is 52.2 Å². The van der Waals surface area contributed by atoms with E-state index >= 15 is 0 Å². The summed E-state index contributed by atoms with van der Waals surface area (Å²) in [5.41, 5.74) is -0.293. The molecule has 0 bridgehead atoms. The minimum atomic E-state index is -0.731. The number of methoxy groups -OCH3 is 1. The van der Waals surface area contributed by atoms with Crippen LogP contribution in [0, 0.1) is 6.92 Å². The average molecular weight is 453 g/mol. The van der Waals surface area contributed by atoms with E-state index in [0.717, 1.165) is 10.8 Å². The number of esters is 1. The maximum atomic E-state index is 13.0. The van der Waals surface area contributed by atoms with Crippen LogP contribution in [-0.2, 0) is 9.53 Å². The molecule has 0 radical (unpaired) electrons. The maximum Gasteiger partial charge on any atom is 0.411 e. The molecular weight excluding hydrogens is 426 g/mol. The van der Waals surface area contributed by atoms with Crippen LogP contribution in [0.25, 0.3) is 21.7 Å². The Morgan fingerprint density at radius 1 is 1.09 bits per heavy atom. The molecule has 2 aromatic carbocycles. The number of likely N-dealkylation sites (tertiary alicyclic amines) is 1. The molecular formula is C25H27NO7. The minimum Gasteiger partial charge on any atom is -0.497 e. The van der Waals surface area contributed by atoms with Crippen molar-refractivity contribution in [2.24, 2.45) is 0 Å². The number of rotatable bonds is 3. The molecule has 33 heavy (non-hydrogen) atoms. The zero-order chi connectivity index (χ0) is 23.9. The van der Waals surface area contributed by atoms with Crippen molar-refractivity contribution in [2.75, 3.05) is 13.7 Å². The molecule has 0 saturated carbocycles. The van der Waals surface area contributed by atoms with Crippen molar-refractivity contribution in [1.29, 1.82) is 0 Å². The van der Waals surface area contributed by atoms with Gasteiger partial charge in [0.05, 0.1) is 12.5 Å². The normalized spacial score (nSPS) is 16.3. The topological polar surface area (TPSA) is 95.3 Å². The Morgan fingerprint density at radius 3 is 2.52 bits per heavy atom. The molecule has 1 fully saturated rings. The summed E-state index contributed by atoms with van der Waals surface area (Å²) in [5.74, 6) is 0.288. The monoisotopic (exact) mass is 453 g/mol. The maximum absolute atomic E-state index is 13.0. The van der Waals surface area contributed by atoms with Gasteiger partial charge in [0.25, 0.3) is 0 Å². The number of aryl methyl sites for hydroxylation is 1. The summed E-state index contributed by atoms with van der Waals surface area (Å²) in [4.78, 5) is 39.5. The summed E-state index contributed by atoms with van der Waals surface area (Å²) in [6.45, 7) is 7.49. The van der Waals surface area contributed by atoms with Crippen LogP contribution in [0.15, 0.2) is 39.5 Å². The van der Waals surface area contributed by atoms with E-state index in [4.69, 9.17) is 18.6 Å². The average Bonchev–Trinajstić information content (AvgIpc) is 3.25. The van der Waals surface area contributed by atoms with Crippen LogP contribution in [0.4, 0.5) is 4.79 Å². The fourth-order valence-corrected chi connectivity index (χ4v) is 4.06. The van der Waals surface area contributed by atoms with Crippen molar-refractivity contribution in [3.8, 4) is 11.5 Å². The summed E-state index contributed by atoms with van der Waals surface area (Å²) in [6.07, 6.45) is 0.636. The predicted molar refractivity (Wildman–Crippen MR) is 123 cm³/mol. The van der Waals surface area contributed by atoms with Gasteiger partial charge in [0.1, 0.15) is 28.7 Å². The first-order valence-corrected chi connectivity index (χ1v) is 10.8. The number of hydrogen-bond acceptors (Lipinski definition) is 7. The molecule has 1 atom stereocenters. The van der Waals surface area contributed by atoms with E-state index in [0.29, 0.717) is 41.7 Å². The number of fused-ring (bicyclic) bond motifs is 3. The molecule has 3 aromatic rings. The lowest BCUT2D eigenvalue weighted by Gasteiger charge is -2.27. The molecule has 1 saturated heterocycles. The Balaban J connectivity index is 1.64. The Morgan fingerprint density at radius 2 is 1.82 bits per heavy atom. The lowest BCUT2D eigenvalue weighted by Crippen LogP contribution is -2.44. The summed E-state index contributed by atoms with van der Waals surface area (Å²) in [6, 6.07) is 7.90. The predicted octanol–water partition coefficient (Wildman–Crippen LogP) is 4.57. The van der Waals surface area contributed by atoms with Gasteiger partial charge in [0.15, 0.2) is 0 Å². The molecule has 174 valence electrons. The molecule has 8 heteroatoms. The highest BCUT2D eigenvalue weighted by atomic mass is 16.6. The number of carbonyl (C=O) groups is 2. The Bertz CT molecular complexity index is 1300. The van der Waals surface area contributed by atoms with E-state index in [-0.39, 0.29) is 5.75 Å². The van der Waals surface area contributed by atoms with Gasteiger partial charge in [0, 0.05) is 22.9 Å². The Hall–Kier alpha value is -3.55. The SMILES string of the molecule is COc1ccc2c(c1)c(=O)oc1c(C)c(OC(=O)[C@H]3CCCN3C(=O)OC(C)(C)C)ccc12. The summed E-state index contributed by atoms with van der Waals surface area (Å²) >= 11 is 0. The quantitative estimate of drug-likeness (QED) is 0.248. The van der Waals surface area contributed by atoms with Gasteiger partial charge in [-0.2, -0.15) is 0 Å². The van der Waals surface area contributed by atoms with Crippen molar-refractivity contribution in [3.63, 3.8) is 0 Å². The van der Waals surface area contributed by atoms with E-state index in [1.54, 1.807) is 58.0 Å². The summed E-state index contributed by atoms with van der Waals surface area (Å²) in [7, 11) is 1.53. The number of nitrogens with zero attached hydrogens (tertiary/aromatic N) is 1. The molecule has 8 nitrogen and oxygen atoms in total. The Kier molecular flexibility index (Phi) is 5.78. The number of carbonyl (C=O) groups excluding carboxylic acids is 2. The number of ether oxygens (including phenoxy) is 3. The first-order chi connectivity index (χ1) is 15.6. The third-order valence-electron chi connectivity index (χ3n) is 5.65. The van der Waals surface area contributed by atoms with Gasteiger partial charge in [-0.3, -0.25) is 4.90 Å². The molecule has 0 N–H and O–H groups in total. The number of amides is 1. The molecule has 2 heterocycles. The fourth-order valence-electron chi connectivity index (χ4n) is 4.06. The lowest BCUT2D eigenvalue weighted by molar-refractivity contribution is -0.139. The van der Waals surface area contributed by atoms with Crippen LogP contribution in [0.3, 0.4) is 0 Å². The third-order valence-corrected chi connectivity index (χ3v) is 5.65. The fraction of sp³-hybridized carbons (Fsp3) is 0.400. The number of benzene rings is 2. The van der Waals surface area contributed by atoms with Crippen molar-refractivity contribution in [1.82, 2.24) is 4.90 Å². The van der Waals surface area contributed by atoms with Crippen LogP contribution in [0.5, 0.6) is 11.5 Å². The number of hydrogen-bond donors (Lipinski definition) is 0. The highest BCUT2D eigenvalue weighted by molar-refractivity contribution is 6.06. The molecule has 0 aliphatic carbocycles. The lowest BCUT2D eigenvalue weighted by atomic mass is 10.0. The van der Waals surface area contributed by atoms with E-state index < -0.39 is 29.3 Å². The molecule has 1 amide bonds. The van der Waals surface area contributed by atoms with E-state index in [1.165, 1.54) is 12.0 Å². The minimum absolute atomic E-state index is 0.277. The van der Waals surface area contributed by atoms with E-state index in [9.17, 15) is 14.4 Å². The largest absolute Gasteiger partial charge is 0.497 e. The van der Waals surface area contributed by atoms with Crippen LogP contribution in [0.2, 0.25) is 0 Å². The highest BCUT2D eigenvalue weighted by Crippen LogP contribution is 2.33. The van der Waals surface area contributed by atoms with Crippen molar-refractivity contribution in [3.05, 3.63) is 46.3 Å². The van der Waals surface area contributed by atoms with Gasteiger partial charge in [-0.25, -0.2) is 14.4 Å². The standard InChI is InChI=1S/C25H27NO7/c1-14-20(31-23(28)19-7-6-12-26(19)24(29)33-25(2,3)4)11-10-17-16-9-8-15(30-5)13-18(16)22(27)32-21(14)17/h8-11,13,19H,6-7,12H2,1-5H3/t19-/m1/s1. The van der Waals surface area contributed by atoms with Crippen molar-refractivity contribution < 1.29 is 28.2 Å². The van der Waals surface area contributed by atoms with E-state index in [2.05, 4.69) is 0 Å². The zero-order valence-corrected chi connectivity index (χ0v) is 19.4. The zero-order valence-electron chi connectivity index (χ0n) is 19.4. The smallest absolute Gasteiger partial charge is 0.411 e. The van der Waals surface area contributed by atoms with Crippen LogP contribution in [-0.4, -0.2) is 42.3 Å². The second-order valence-electron chi connectivity index (χ2n) is 9.12. The molecule has 4 rings (SSSR count). The Labute approximate surface area is 191 Å². The molecule has 1 aliphatic rings. The van der Waals surface area contributed by atoms with Crippen LogP contribution in [0.1, 0.15) is 39.2 Å². The first-order valence-electron chi connectivity index (χ1n) is 10.8. The van der Waals surface area contributed by atoms with Gasteiger partial charge in [-0.05, 0) is 70.9 Å². The third kappa shape index (κ3) is 4.37. The van der Waals surface area contributed by atoms with Crippen LogP contribution >= 0.6 is 0 Å². The van der Waals surface area contributed by atoms with Gasteiger partial charge < -0.3 is 18.6 Å². The molecule has 1 aromatic heterocycles. The first kappa shape index (κ1) is 22.6.